The SMILES string of the molecule is Cc1c(Cl)cccc1NC(=O)CCNC(=O)NCc1cccc(OCC#N)c1. The minimum atomic E-state index is -0.380. The Kier molecular flexibility index (Phi) is 8.12. The van der Waals surface area contributed by atoms with Crippen molar-refractivity contribution in [2.75, 3.05) is 18.5 Å². The van der Waals surface area contributed by atoms with E-state index in [0.29, 0.717) is 23.0 Å². The summed E-state index contributed by atoms with van der Waals surface area (Å²) in [4.78, 5) is 23.9. The first kappa shape index (κ1) is 21.1. The standard InChI is InChI=1S/C20H21ClN4O3/c1-14-17(21)6-3-7-18(14)25-19(26)8-10-23-20(27)24-13-15-4-2-5-16(12-15)28-11-9-22/h2-7,12H,8,10-11,13H2,1H3,(H,25,26)(H2,23,24,27). The van der Waals surface area contributed by atoms with Gasteiger partial charge in [-0.15, -0.1) is 0 Å². The van der Waals surface area contributed by atoms with Gasteiger partial charge in [0, 0.05) is 30.2 Å². The van der Waals surface area contributed by atoms with Gasteiger partial charge in [-0.25, -0.2) is 4.79 Å². The van der Waals surface area contributed by atoms with E-state index in [9.17, 15) is 9.59 Å². The lowest BCUT2D eigenvalue weighted by Crippen LogP contribution is -2.36. The molecule has 2 aromatic rings. The minimum Gasteiger partial charge on any atom is -0.479 e. The Morgan fingerprint density at radius 2 is 1.96 bits per heavy atom. The Labute approximate surface area is 168 Å². The number of hydrogen-bond acceptors (Lipinski definition) is 4. The third kappa shape index (κ3) is 6.82. The topological polar surface area (TPSA) is 103 Å². The van der Waals surface area contributed by atoms with E-state index >= 15 is 0 Å². The van der Waals surface area contributed by atoms with Crippen LogP contribution in [0, 0.1) is 18.3 Å². The molecule has 0 heterocycles. The summed E-state index contributed by atoms with van der Waals surface area (Å²) in [5.74, 6) is 0.349. The van der Waals surface area contributed by atoms with Gasteiger partial charge in [0.05, 0.1) is 0 Å². The molecule has 2 aromatic carbocycles. The molecule has 0 radical (unpaired) electrons. The van der Waals surface area contributed by atoms with Crippen molar-refractivity contribution in [1.29, 1.82) is 5.26 Å². The first-order valence-corrected chi connectivity index (χ1v) is 9.02. The molecule has 0 saturated carbocycles. The quantitative estimate of drug-likeness (QED) is 0.631. The average Bonchev–Trinajstić information content (AvgIpc) is 2.68. The number of urea groups is 1. The van der Waals surface area contributed by atoms with E-state index in [2.05, 4.69) is 16.0 Å². The predicted molar refractivity (Wildman–Crippen MR) is 107 cm³/mol. The number of rotatable bonds is 8. The number of hydrogen-bond donors (Lipinski definition) is 3. The smallest absolute Gasteiger partial charge is 0.315 e. The highest BCUT2D eigenvalue weighted by molar-refractivity contribution is 6.31. The van der Waals surface area contributed by atoms with Gasteiger partial charge in [-0.3, -0.25) is 4.79 Å². The normalized spacial score (nSPS) is 9.89. The fraction of sp³-hybridized carbons (Fsp3) is 0.250. The van der Waals surface area contributed by atoms with Crippen LogP contribution in [-0.2, 0) is 11.3 Å². The van der Waals surface area contributed by atoms with Gasteiger partial charge in [-0.2, -0.15) is 5.26 Å². The summed E-state index contributed by atoms with van der Waals surface area (Å²) >= 11 is 6.02. The molecule has 0 bridgehead atoms. The van der Waals surface area contributed by atoms with E-state index in [0.717, 1.165) is 11.1 Å². The summed E-state index contributed by atoms with van der Waals surface area (Å²) in [6, 6.07) is 13.9. The molecule has 28 heavy (non-hydrogen) atoms. The Morgan fingerprint density at radius 3 is 2.75 bits per heavy atom. The summed E-state index contributed by atoms with van der Waals surface area (Å²) in [7, 11) is 0. The molecule has 0 aliphatic carbocycles. The van der Waals surface area contributed by atoms with Crippen LogP contribution >= 0.6 is 11.6 Å². The van der Waals surface area contributed by atoms with Crippen molar-refractivity contribution in [2.24, 2.45) is 0 Å². The van der Waals surface area contributed by atoms with E-state index in [1.807, 2.05) is 19.1 Å². The lowest BCUT2D eigenvalue weighted by atomic mass is 10.2. The first-order valence-electron chi connectivity index (χ1n) is 8.65. The Hall–Kier alpha value is -3.24. The zero-order valence-electron chi connectivity index (χ0n) is 15.4. The van der Waals surface area contributed by atoms with Gasteiger partial charge in [0.2, 0.25) is 5.91 Å². The lowest BCUT2D eigenvalue weighted by molar-refractivity contribution is -0.116. The van der Waals surface area contributed by atoms with Crippen LogP contribution in [0.4, 0.5) is 10.5 Å². The summed E-state index contributed by atoms with van der Waals surface area (Å²) in [5, 5.41) is 17.2. The molecule has 2 rings (SSSR count). The van der Waals surface area contributed by atoms with Crippen LogP contribution in [0.25, 0.3) is 0 Å². The number of ether oxygens (including phenoxy) is 1. The van der Waals surface area contributed by atoms with E-state index in [1.165, 1.54) is 0 Å². The van der Waals surface area contributed by atoms with Crippen molar-refractivity contribution in [3.05, 3.63) is 58.6 Å². The van der Waals surface area contributed by atoms with Crippen molar-refractivity contribution in [2.45, 2.75) is 19.9 Å². The molecule has 146 valence electrons. The zero-order valence-corrected chi connectivity index (χ0v) is 16.2. The Bertz CT molecular complexity index is 880. The van der Waals surface area contributed by atoms with Crippen molar-refractivity contribution in [1.82, 2.24) is 10.6 Å². The Balaban J connectivity index is 1.70. The number of carbonyl (C=O) groups excluding carboxylic acids is 2. The number of benzene rings is 2. The van der Waals surface area contributed by atoms with Crippen LogP contribution in [-0.4, -0.2) is 25.1 Å². The molecule has 0 aliphatic heterocycles. The van der Waals surface area contributed by atoms with E-state index in [-0.39, 0.29) is 31.5 Å². The van der Waals surface area contributed by atoms with Gasteiger partial charge in [0.1, 0.15) is 11.8 Å². The number of carbonyl (C=O) groups is 2. The van der Waals surface area contributed by atoms with E-state index in [4.69, 9.17) is 21.6 Å². The number of nitrogens with zero attached hydrogens (tertiary/aromatic N) is 1. The van der Waals surface area contributed by atoms with Crippen LogP contribution in [0.3, 0.4) is 0 Å². The average molecular weight is 401 g/mol. The molecular formula is C20H21ClN4O3. The highest BCUT2D eigenvalue weighted by Gasteiger charge is 2.08. The van der Waals surface area contributed by atoms with Crippen LogP contribution in [0.5, 0.6) is 5.75 Å². The highest BCUT2D eigenvalue weighted by atomic mass is 35.5. The zero-order chi connectivity index (χ0) is 20.4. The fourth-order valence-electron chi connectivity index (χ4n) is 2.35. The molecule has 0 spiro atoms. The molecule has 3 N–H and O–H groups in total. The summed E-state index contributed by atoms with van der Waals surface area (Å²) in [5.41, 5.74) is 2.28. The molecule has 0 aromatic heterocycles. The number of nitriles is 1. The Morgan fingerprint density at radius 1 is 1.18 bits per heavy atom. The van der Waals surface area contributed by atoms with Gasteiger partial charge in [0.15, 0.2) is 6.61 Å². The second-order valence-corrected chi connectivity index (χ2v) is 6.32. The third-order valence-corrected chi connectivity index (χ3v) is 4.24. The maximum atomic E-state index is 12.0. The highest BCUT2D eigenvalue weighted by Crippen LogP contribution is 2.22. The van der Waals surface area contributed by atoms with Crippen LogP contribution in [0.1, 0.15) is 17.5 Å². The minimum absolute atomic E-state index is 0.0336. The molecule has 7 nitrogen and oxygen atoms in total. The monoisotopic (exact) mass is 400 g/mol. The second-order valence-electron chi connectivity index (χ2n) is 5.91. The van der Waals surface area contributed by atoms with E-state index < -0.39 is 0 Å². The number of halogens is 1. The van der Waals surface area contributed by atoms with E-state index in [1.54, 1.807) is 36.4 Å². The molecule has 0 fully saturated rings. The number of nitrogens with one attached hydrogen (secondary N) is 3. The van der Waals surface area contributed by atoms with Gasteiger partial charge >= 0.3 is 6.03 Å². The van der Waals surface area contributed by atoms with Gasteiger partial charge in [-0.1, -0.05) is 29.8 Å². The van der Waals surface area contributed by atoms with Crippen molar-refractivity contribution < 1.29 is 14.3 Å². The fourth-order valence-corrected chi connectivity index (χ4v) is 2.53. The van der Waals surface area contributed by atoms with Crippen LogP contribution < -0.4 is 20.7 Å². The first-order chi connectivity index (χ1) is 13.5. The number of amides is 3. The largest absolute Gasteiger partial charge is 0.479 e. The summed E-state index contributed by atoms with van der Waals surface area (Å²) in [6.07, 6.45) is 0.136. The summed E-state index contributed by atoms with van der Waals surface area (Å²) in [6.45, 7) is 2.28. The maximum Gasteiger partial charge on any atom is 0.315 e. The predicted octanol–water partition coefficient (Wildman–Crippen LogP) is 3.38. The van der Waals surface area contributed by atoms with Crippen molar-refractivity contribution in [3.8, 4) is 11.8 Å². The second kappa shape index (κ2) is 10.8. The molecular weight excluding hydrogens is 380 g/mol. The molecule has 8 heteroatoms. The maximum absolute atomic E-state index is 12.0. The molecule has 3 amide bonds. The molecule has 0 aliphatic rings. The summed E-state index contributed by atoms with van der Waals surface area (Å²) < 4.78 is 5.22. The molecule has 0 saturated heterocycles. The van der Waals surface area contributed by atoms with Gasteiger partial charge in [-0.05, 0) is 42.3 Å². The molecule has 0 atom stereocenters. The van der Waals surface area contributed by atoms with Crippen molar-refractivity contribution in [3.63, 3.8) is 0 Å². The third-order valence-electron chi connectivity index (χ3n) is 3.83. The van der Waals surface area contributed by atoms with Crippen molar-refractivity contribution >= 4 is 29.2 Å². The van der Waals surface area contributed by atoms with Crippen LogP contribution in [0.2, 0.25) is 5.02 Å². The molecule has 0 unspecified atom stereocenters. The van der Waals surface area contributed by atoms with Crippen LogP contribution in [0.15, 0.2) is 42.5 Å². The van der Waals surface area contributed by atoms with Gasteiger partial charge in [0.25, 0.3) is 0 Å². The number of anilines is 1. The van der Waals surface area contributed by atoms with Gasteiger partial charge < -0.3 is 20.7 Å². The lowest BCUT2D eigenvalue weighted by Gasteiger charge is -2.11.